The molecular weight excluding hydrogens is 364 g/mol. The molecule has 26 heavy (non-hydrogen) atoms. The number of esters is 1. The van der Waals surface area contributed by atoms with Gasteiger partial charge < -0.3 is 19.5 Å². The molecule has 2 heterocycles. The molecule has 1 N–H and O–H groups in total. The summed E-state index contributed by atoms with van der Waals surface area (Å²) >= 11 is 6.06. The number of fused-ring (bicyclic) bond motifs is 1. The number of carbonyl (C=O) groups excluding carboxylic acids is 3. The summed E-state index contributed by atoms with van der Waals surface area (Å²) in [5.74, 6) is -0.298. The minimum absolute atomic E-state index is 0.0205. The highest BCUT2D eigenvalue weighted by atomic mass is 35.5. The van der Waals surface area contributed by atoms with E-state index in [1.807, 2.05) is 0 Å². The molecule has 0 saturated carbocycles. The molecule has 0 spiro atoms. The Morgan fingerprint density at radius 2 is 2.15 bits per heavy atom. The lowest BCUT2D eigenvalue weighted by Crippen LogP contribution is -2.40. The van der Waals surface area contributed by atoms with E-state index in [1.165, 1.54) is 0 Å². The van der Waals surface area contributed by atoms with Crippen LogP contribution in [-0.4, -0.2) is 41.7 Å². The molecule has 2 aliphatic heterocycles. The Morgan fingerprint density at radius 1 is 1.38 bits per heavy atom. The second kappa shape index (κ2) is 7.13. The van der Waals surface area contributed by atoms with Crippen LogP contribution in [0.4, 0.5) is 4.79 Å². The Hall–Kier alpha value is -2.32. The molecule has 1 saturated heterocycles. The predicted molar refractivity (Wildman–Crippen MR) is 90.5 cm³/mol. The number of hydrogen-bond donors (Lipinski definition) is 1. The van der Waals surface area contributed by atoms with Crippen molar-refractivity contribution >= 4 is 29.5 Å². The molecule has 0 radical (unpaired) electrons. The van der Waals surface area contributed by atoms with E-state index >= 15 is 0 Å². The maximum Gasteiger partial charge on any atom is 0.325 e. The van der Waals surface area contributed by atoms with E-state index in [2.05, 4.69) is 5.32 Å². The molecule has 0 bridgehead atoms. The topological polar surface area (TPSA) is 94.2 Å². The minimum Gasteiger partial charge on any atom is -0.467 e. The zero-order valence-electron chi connectivity index (χ0n) is 14.5. The number of benzene rings is 1. The van der Waals surface area contributed by atoms with Gasteiger partial charge in [-0.05, 0) is 26.0 Å². The zero-order valence-corrected chi connectivity index (χ0v) is 15.2. The van der Waals surface area contributed by atoms with Crippen LogP contribution >= 0.6 is 11.6 Å². The normalized spacial score (nSPS) is 18.2. The van der Waals surface area contributed by atoms with Crippen LogP contribution in [0.1, 0.15) is 31.4 Å². The predicted octanol–water partition coefficient (Wildman–Crippen LogP) is 1.97. The molecule has 140 valence electrons. The Balaban J connectivity index is 1.56. The number of nitrogens with zero attached hydrogens (tertiary/aromatic N) is 1. The number of hydrogen-bond acceptors (Lipinski definition) is 6. The summed E-state index contributed by atoms with van der Waals surface area (Å²) in [6, 6.07) is 2.89. The average molecular weight is 383 g/mol. The van der Waals surface area contributed by atoms with Crippen molar-refractivity contribution in [2.45, 2.75) is 39.0 Å². The molecule has 0 aliphatic carbocycles. The van der Waals surface area contributed by atoms with Crippen LogP contribution in [0.25, 0.3) is 0 Å². The molecule has 1 fully saturated rings. The van der Waals surface area contributed by atoms with Gasteiger partial charge in [-0.3, -0.25) is 14.5 Å². The SMILES string of the molecule is CC1(C)NC(=O)N(CCC(=O)OCc2cc(Cl)cc3c2OCOC3)C1=O. The van der Waals surface area contributed by atoms with Crippen LogP contribution in [0.5, 0.6) is 5.75 Å². The van der Waals surface area contributed by atoms with Crippen LogP contribution in [0.15, 0.2) is 12.1 Å². The molecule has 1 aromatic carbocycles. The monoisotopic (exact) mass is 382 g/mol. The molecule has 0 atom stereocenters. The summed E-state index contributed by atoms with van der Waals surface area (Å²) in [4.78, 5) is 36.9. The number of amides is 3. The second-order valence-electron chi connectivity index (χ2n) is 6.59. The van der Waals surface area contributed by atoms with Gasteiger partial charge in [-0.15, -0.1) is 0 Å². The molecule has 3 rings (SSSR count). The molecule has 0 aromatic heterocycles. The summed E-state index contributed by atoms with van der Waals surface area (Å²) in [6.45, 7) is 3.66. The summed E-state index contributed by atoms with van der Waals surface area (Å²) < 4.78 is 15.9. The van der Waals surface area contributed by atoms with Crippen molar-refractivity contribution in [2.24, 2.45) is 0 Å². The number of carbonyl (C=O) groups is 3. The highest BCUT2D eigenvalue weighted by molar-refractivity contribution is 6.30. The van der Waals surface area contributed by atoms with Crippen molar-refractivity contribution in [1.82, 2.24) is 10.2 Å². The van der Waals surface area contributed by atoms with Crippen molar-refractivity contribution in [3.63, 3.8) is 0 Å². The van der Waals surface area contributed by atoms with Gasteiger partial charge in [0, 0.05) is 22.7 Å². The van der Waals surface area contributed by atoms with Gasteiger partial charge in [-0.25, -0.2) is 4.79 Å². The fourth-order valence-electron chi connectivity index (χ4n) is 2.82. The lowest BCUT2D eigenvalue weighted by atomic mass is 10.1. The third-order valence-corrected chi connectivity index (χ3v) is 4.34. The average Bonchev–Trinajstić information content (AvgIpc) is 2.78. The van der Waals surface area contributed by atoms with Crippen molar-refractivity contribution in [3.05, 3.63) is 28.3 Å². The van der Waals surface area contributed by atoms with Crippen LogP contribution in [-0.2, 0) is 32.3 Å². The van der Waals surface area contributed by atoms with Gasteiger partial charge in [0.2, 0.25) is 0 Å². The third kappa shape index (κ3) is 3.76. The summed E-state index contributed by atoms with van der Waals surface area (Å²) in [5.41, 5.74) is 0.469. The molecule has 8 nitrogen and oxygen atoms in total. The second-order valence-corrected chi connectivity index (χ2v) is 7.02. The van der Waals surface area contributed by atoms with Gasteiger partial charge >= 0.3 is 12.0 Å². The van der Waals surface area contributed by atoms with Gasteiger partial charge in [0.25, 0.3) is 5.91 Å². The summed E-state index contributed by atoms with van der Waals surface area (Å²) in [7, 11) is 0. The van der Waals surface area contributed by atoms with E-state index in [1.54, 1.807) is 26.0 Å². The number of ether oxygens (including phenoxy) is 3. The first-order valence-corrected chi connectivity index (χ1v) is 8.47. The van der Waals surface area contributed by atoms with E-state index in [9.17, 15) is 14.4 Å². The van der Waals surface area contributed by atoms with Crippen LogP contribution in [0.3, 0.4) is 0 Å². The largest absolute Gasteiger partial charge is 0.467 e. The van der Waals surface area contributed by atoms with E-state index in [-0.39, 0.29) is 32.3 Å². The van der Waals surface area contributed by atoms with Crippen molar-refractivity contribution in [1.29, 1.82) is 0 Å². The quantitative estimate of drug-likeness (QED) is 0.618. The molecule has 1 aromatic rings. The van der Waals surface area contributed by atoms with E-state index in [0.29, 0.717) is 22.9 Å². The lowest BCUT2D eigenvalue weighted by Gasteiger charge is -2.21. The number of rotatable bonds is 5. The molecule has 2 aliphatic rings. The van der Waals surface area contributed by atoms with Gasteiger partial charge in [-0.1, -0.05) is 11.6 Å². The van der Waals surface area contributed by atoms with Crippen molar-refractivity contribution < 1.29 is 28.6 Å². The Bertz CT molecular complexity index is 764. The zero-order chi connectivity index (χ0) is 18.9. The fourth-order valence-corrected chi connectivity index (χ4v) is 3.08. The van der Waals surface area contributed by atoms with E-state index in [0.717, 1.165) is 10.5 Å². The van der Waals surface area contributed by atoms with E-state index < -0.39 is 17.5 Å². The number of imide groups is 1. The first-order valence-electron chi connectivity index (χ1n) is 8.09. The smallest absolute Gasteiger partial charge is 0.325 e. The van der Waals surface area contributed by atoms with E-state index in [4.69, 9.17) is 25.8 Å². The van der Waals surface area contributed by atoms with Crippen LogP contribution < -0.4 is 10.1 Å². The Kier molecular flexibility index (Phi) is 5.06. The third-order valence-electron chi connectivity index (χ3n) is 4.12. The Morgan fingerprint density at radius 3 is 2.85 bits per heavy atom. The fraction of sp³-hybridized carbons (Fsp3) is 0.471. The molecule has 0 unspecified atom stereocenters. The van der Waals surface area contributed by atoms with Crippen molar-refractivity contribution in [2.75, 3.05) is 13.3 Å². The maximum atomic E-state index is 12.1. The van der Waals surface area contributed by atoms with Gasteiger partial charge in [0.1, 0.15) is 17.9 Å². The first-order chi connectivity index (χ1) is 12.3. The van der Waals surface area contributed by atoms with Crippen LogP contribution in [0, 0.1) is 0 Å². The molecule has 9 heteroatoms. The molecule has 3 amide bonds. The minimum atomic E-state index is -0.958. The highest BCUT2D eigenvalue weighted by Gasteiger charge is 2.44. The maximum absolute atomic E-state index is 12.1. The number of halogens is 1. The highest BCUT2D eigenvalue weighted by Crippen LogP contribution is 2.32. The lowest BCUT2D eigenvalue weighted by molar-refractivity contribution is -0.145. The number of urea groups is 1. The Labute approximate surface area is 155 Å². The van der Waals surface area contributed by atoms with Gasteiger partial charge in [0.05, 0.1) is 13.0 Å². The van der Waals surface area contributed by atoms with Crippen LogP contribution in [0.2, 0.25) is 5.02 Å². The van der Waals surface area contributed by atoms with Gasteiger partial charge in [-0.2, -0.15) is 0 Å². The first kappa shape index (κ1) is 18.5. The number of nitrogens with one attached hydrogen (secondary N) is 1. The summed E-state index contributed by atoms with van der Waals surface area (Å²) in [6.07, 6.45) is -0.0953. The standard InChI is InChI=1S/C17H19ClN2O6/c1-17(2)15(22)20(16(23)19-17)4-3-13(21)25-8-11-6-12(18)5-10-7-24-9-26-14(10)11/h5-6H,3-4,7-9H2,1-2H3,(H,19,23). The summed E-state index contributed by atoms with van der Waals surface area (Å²) in [5, 5.41) is 3.05. The molecular formula is C17H19ClN2O6. The van der Waals surface area contributed by atoms with Gasteiger partial charge in [0.15, 0.2) is 6.79 Å². The van der Waals surface area contributed by atoms with Crippen molar-refractivity contribution in [3.8, 4) is 5.75 Å².